The fourth-order valence-corrected chi connectivity index (χ4v) is 17.9. The minimum atomic E-state index is -0.731. The zero-order valence-electron chi connectivity index (χ0n) is 32.1. The van der Waals surface area contributed by atoms with Gasteiger partial charge in [-0.1, -0.05) is 6.07 Å². The molecule has 256 valence electrons. The van der Waals surface area contributed by atoms with Crippen LogP contribution in [0.25, 0.3) is 49.9 Å². The van der Waals surface area contributed by atoms with Gasteiger partial charge in [-0.05, 0) is 0 Å². The van der Waals surface area contributed by atoms with E-state index in [1.165, 1.54) is 60.5 Å². The van der Waals surface area contributed by atoms with Gasteiger partial charge in [0.1, 0.15) is 0 Å². The van der Waals surface area contributed by atoms with Crippen LogP contribution in [-0.4, -0.2) is 5.92 Å². The Kier molecular flexibility index (Phi) is 8.83. The first-order chi connectivity index (χ1) is 24.3. The first kappa shape index (κ1) is 34.7. The molecule has 51 heavy (non-hydrogen) atoms. The number of hydrogen-bond acceptors (Lipinski definition) is 0. The van der Waals surface area contributed by atoms with Crippen molar-refractivity contribution < 1.29 is 22.4 Å². The Morgan fingerprint density at radius 2 is 1.41 bits per heavy atom. The topological polar surface area (TPSA) is 0 Å². The molecule has 0 bridgehead atoms. The van der Waals surface area contributed by atoms with E-state index in [1.54, 1.807) is 31.1 Å². The summed E-state index contributed by atoms with van der Waals surface area (Å²) in [5.74, 6) is -0.440. The average molecular weight is 760 g/mol. The molecule has 6 aromatic rings. The number of rotatable bonds is 6. The Balaban J connectivity index is 1.41. The summed E-state index contributed by atoms with van der Waals surface area (Å²) in [6.07, 6.45) is 5.95. The van der Waals surface area contributed by atoms with Gasteiger partial charge in [-0.25, -0.2) is 0 Å². The van der Waals surface area contributed by atoms with Crippen LogP contribution in [0.5, 0.6) is 0 Å². The Labute approximate surface area is 318 Å². The van der Waals surface area contributed by atoms with Crippen molar-refractivity contribution in [1.82, 2.24) is 0 Å². The van der Waals surface area contributed by atoms with Crippen LogP contribution in [0.2, 0.25) is 13.1 Å². The molecule has 2 heteroatoms. The van der Waals surface area contributed by atoms with Crippen LogP contribution < -0.4 is 3.27 Å². The van der Waals surface area contributed by atoms with Gasteiger partial charge in [0.2, 0.25) is 0 Å². The first-order valence-electron chi connectivity index (χ1n) is 19.2. The summed E-state index contributed by atoms with van der Waals surface area (Å²) in [5, 5.41) is 5.33. The molecule has 0 radical (unpaired) electrons. The summed E-state index contributed by atoms with van der Waals surface area (Å²) in [7, 11) is 0. The van der Waals surface area contributed by atoms with Crippen molar-refractivity contribution in [3.8, 4) is 22.3 Å². The van der Waals surface area contributed by atoms with E-state index < -0.39 is 28.3 Å². The van der Waals surface area contributed by atoms with Crippen LogP contribution in [-0.2, 0) is 39.6 Å². The molecule has 0 amide bonds. The van der Waals surface area contributed by atoms with Crippen molar-refractivity contribution in [2.45, 2.75) is 97.6 Å². The van der Waals surface area contributed by atoms with Gasteiger partial charge in [0.15, 0.2) is 0 Å². The molecule has 8 rings (SSSR count). The Bertz CT molecular complexity index is 2380. The third kappa shape index (κ3) is 5.99. The monoisotopic (exact) mass is 758 g/mol. The van der Waals surface area contributed by atoms with E-state index in [1.807, 2.05) is 0 Å². The quantitative estimate of drug-likeness (QED) is 0.117. The van der Waals surface area contributed by atoms with Gasteiger partial charge in [-0.3, -0.25) is 0 Å². The molecule has 0 spiro atoms. The average Bonchev–Trinajstić information content (AvgIpc) is 3.64. The summed E-state index contributed by atoms with van der Waals surface area (Å²) in [4.78, 5) is 0. The summed E-state index contributed by atoms with van der Waals surface area (Å²) >= 11 is -0.718. The maximum atomic E-state index is 2.72. The van der Waals surface area contributed by atoms with Crippen LogP contribution >= 0.6 is 0 Å². The van der Waals surface area contributed by atoms with E-state index in [4.69, 9.17) is 0 Å². The normalized spacial score (nSPS) is 15.3. The third-order valence-corrected chi connectivity index (χ3v) is 19.7. The van der Waals surface area contributed by atoms with Gasteiger partial charge in [-0.15, -0.1) is 0 Å². The Morgan fingerprint density at radius 1 is 0.686 bits per heavy atom. The molecule has 2 aliphatic carbocycles. The Hall–Kier alpha value is -3.32. The zero-order chi connectivity index (χ0) is 35.8. The summed E-state index contributed by atoms with van der Waals surface area (Å²) in [5.41, 5.74) is 18.5. The molecule has 0 aliphatic heterocycles. The van der Waals surface area contributed by atoms with Crippen molar-refractivity contribution in [2.75, 3.05) is 0 Å². The van der Waals surface area contributed by atoms with Crippen molar-refractivity contribution in [3.63, 3.8) is 0 Å². The number of allylic oxidation sites excluding steroid dienone is 1. The van der Waals surface area contributed by atoms with Crippen molar-refractivity contribution >= 4 is 36.8 Å². The van der Waals surface area contributed by atoms with Gasteiger partial charge in [0.25, 0.3) is 0 Å². The summed E-state index contributed by atoms with van der Waals surface area (Å²) in [6, 6.07) is 37.8. The number of benzene rings is 6. The molecule has 0 saturated heterocycles. The first-order valence-corrected chi connectivity index (χ1v) is 27.6. The fraction of sp³-hybridized carbons (Fsp3) is 0.306. The van der Waals surface area contributed by atoms with E-state index in [-0.39, 0.29) is 10.8 Å². The molecule has 0 heterocycles. The fourth-order valence-electron chi connectivity index (χ4n) is 9.21. The van der Waals surface area contributed by atoms with Crippen molar-refractivity contribution in [3.05, 3.63) is 142 Å². The van der Waals surface area contributed by atoms with Crippen LogP contribution in [0.3, 0.4) is 0 Å². The summed E-state index contributed by atoms with van der Waals surface area (Å²) in [6.45, 7) is 22.1. The van der Waals surface area contributed by atoms with Gasteiger partial charge < -0.3 is 0 Å². The second-order valence-corrected chi connectivity index (χ2v) is 32.1. The number of hydrogen-bond donors (Lipinski definition) is 0. The molecule has 1 atom stereocenters. The van der Waals surface area contributed by atoms with Gasteiger partial charge in [0, 0.05) is 0 Å². The van der Waals surface area contributed by atoms with Gasteiger partial charge >= 0.3 is 315 Å². The van der Waals surface area contributed by atoms with Crippen LogP contribution in [0, 0.1) is 0 Å². The standard InChI is InChI=1S/C47H45.C2H7Si.Zr/c1-8-14-30-27-41-37(40-26-29-15-9-10-16-33(29)35-17-11-12-18-36(35)40)19-13-20-39(41)44(30)45-42-28-31-25-32(46(2,3)4)21-22-34(31)38(42)23-24-43(45)47(5,6)7;1-3-2;/h9-13,15-23,25-27,44H,8,14,28H2,1-7H3;3H,1-2H3;. The molecule has 1 unspecified atom stereocenters. The molecule has 6 aromatic carbocycles. The molecule has 0 nitrogen and oxygen atoms in total. The van der Waals surface area contributed by atoms with E-state index in [2.05, 4.69) is 165 Å². The second kappa shape index (κ2) is 13.0. The van der Waals surface area contributed by atoms with Gasteiger partial charge in [0.05, 0.1) is 0 Å². The zero-order valence-corrected chi connectivity index (χ0v) is 35.7. The SMILES string of the molecule is CCCC1=Cc2c(-c3cc4ccccc4c4ccccc34)cccc2C1c1c2c(c[c]([Zr][SiH](C)C)c1C(C)(C)C)-c1ccc(C(C)(C)C)cc1C2. The van der Waals surface area contributed by atoms with Crippen molar-refractivity contribution in [1.29, 1.82) is 0 Å². The molecular formula is C49H52SiZr. The molecule has 0 saturated carbocycles. The Morgan fingerprint density at radius 3 is 2.12 bits per heavy atom. The molecule has 0 aromatic heterocycles. The van der Waals surface area contributed by atoms with E-state index >= 15 is 0 Å². The third-order valence-electron chi connectivity index (χ3n) is 11.3. The van der Waals surface area contributed by atoms with E-state index in [0.717, 1.165) is 19.3 Å². The minimum absolute atomic E-state index is 0.0708. The van der Waals surface area contributed by atoms with Crippen LogP contribution in [0.15, 0.2) is 103 Å². The number of fused-ring (bicyclic) bond motifs is 7. The predicted molar refractivity (Wildman–Crippen MR) is 222 cm³/mol. The molecular weight excluding hydrogens is 708 g/mol. The summed E-state index contributed by atoms with van der Waals surface area (Å²) < 4.78 is 1.77. The van der Waals surface area contributed by atoms with Crippen LogP contribution in [0.1, 0.15) is 106 Å². The van der Waals surface area contributed by atoms with Crippen LogP contribution in [0.4, 0.5) is 0 Å². The van der Waals surface area contributed by atoms with E-state index in [9.17, 15) is 0 Å². The van der Waals surface area contributed by atoms with Crippen molar-refractivity contribution in [2.24, 2.45) is 0 Å². The maximum absolute atomic E-state index is 2.72. The van der Waals surface area contributed by atoms with E-state index in [0.29, 0.717) is 5.92 Å². The molecule has 0 fully saturated rings. The predicted octanol–water partition coefficient (Wildman–Crippen LogP) is 12.8. The molecule has 2 aliphatic rings. The molecule has 0 N–H and O–H groups in total. The van der Waals surface area contributed by atoms with Gasteiger partial charge in [-0.2, -0.15) is 0 Å². The second-order valence-electron chi connectivity index (χ2n) is 17.5.